The SMILES string of the molecule is COc1cc(/C=C2/NC(=O)N(CC(=O)Nc3ccc(C)cc3)C2=O)cc(Br)c1OCc1cccc(F)c1. The number of ether oxygens (including phenoxy) is 2. The molecule has 0 spiro atoms. The average molecular weight is 568 g/mol. The second-order valence-corrected chi connectivity index (χ2v) is 9.10. The maximum absolute atomic E-state index is 13.5. The fourth-order valence-electron chi connectivity index (χ4n) is 3.61. The number of carbonyl (C=O) groups is 3. The molecule has 3 aromatic rings. The fourth-order valence-corrected chi connectivity index (χ4v) is 4.18. The van der Waals surface area contributed by atoms with Gasteiger partial charge in [-0.25, -0.2) is 14.1 Å². The highest BCUT2D eigenvalue weighted by atomic mass is 79.9. The third kappa shape index (κ3) is 6.34. The number of nitrogens with zero attached hydrogens (tertiary/aromatic N) is 1. The summed E-state index contributed by atoms with van der Waals surface area (Å²) in [6.45, 7) is 1.60. The van der Waals surface area contributed by atoms with Crippen LogP contribution in [0.5, 0.6) is 11.5 Å². The molecule has 37 heavy (non-hydrogen) atoms. The predicted octanol–water partition coefficient (Wildman–Crippen LogP) is 5.02. The topological polar surface area (TPSA) is 97.0 Å². The van der Waals surface area contributed by atoms with Crippen LogP contribution in [-0.4, -0.2) is 36.4 Å². The number of amides is 4. The Hall–Kier alpha value is -4.18. The molecule has 0 radical (unpaired) electrons. The Bertz CT molecular complexity index is 1390. The maximum Gasteiger partial charge on any atom is 0.329 e. The summed E-state index contributed by atoms with van der Waals surface area (Å²) in [7, 11) is 1.46. The van der Waals surface area contributed by atoms with Crippen molar-refractivity contribution in [3.05, 3.63) is 93.3 Å². The van der Waals surface area contributed by atoms with E-state index in [-0.39, 0.29) is 18.1 Å². The monoisotopic (exact) mass is 567 g/mol. The van der Waals surface area contributed by atoms with E-state index in [4.69, 9.17) is 9.47 Å². The molecule has 8 nitrogen and oxygen atoms in total. The van der Waals surface area contributed by atoms with Gasteiger partial charge in [-0.05, 0) is 76.5 Å². The minimum absolute atomic E-state index is 0.00974. The van der Waals surface area contributed by atoms with Crippen LogP contribution in [0.15, 0.2) is 70.8 Å². The van der Waals surface area contributed by atoms with Crippen LogP contribution in [0.4, 0.5) is 14.9 Å². The van der Waals surface area contributed by atoms with E-state index in [0.717, 1.165) is 10.5 Å². The van der Waals surface area contributed by atoms with Crippen molar-refractivity contribution in [3.63, 3.8) is 0 Å². The summed E-state index contributed by atoms with van der Waals surface area (Å²) in [5, 5.41) is 5.17. The molecule has 10 heteroatoms. The fraction of sp³-hybridized carbons (Fsp3) is 0.148. The van der Waals surface area contributed by atoms with E-state index in [9.17, 15) is 18.8 Å². The van der Waals surface area contributed by atoms with E-state index in [0.29, 0.717) is 32.8 Å². The standard InChI is InChI=1S/C27H23BrFN3O5/c1-16-6-8-20(9-7-16)30-24(33)14-32-26(34)22(31-27(32)35)12-18-11-21(28)25(23(13-18)36-2)37-15-17-4-3-5-19(29)10-17/h3-13H,14-15H2,1-2H3,(H,30,33)(H,31,35)/b22-12+. The quantitative estimate of drug-likeness (QED) is 0.294. The molecular weight excluding hydrogens is 545 g/mol. The van der Waals surface area contributed by atoms with Gasteiger partial charge in [0.1, 0.15) is 24.7 Å². The van der Waals surface area contributed by atoms with Crippen molar-refractivity contribution in [1.29, 1.82) is 0 Å². The van der Waals surface area contributed by atoms with E-state index in [1.807, 2.05) is 19.1 Å². The van der Waals surface area contributed by atoms with Gasteiger partial charge in [0.2, 0.25) is 5.91 Å². The van der Waals surface area contributed by atoms with Gasteiger partial charge in [0.25, 0.3) is 5.91 Å². The van der Waals surface area contributed by atoms with E-state index >= 15 is 0 Å². The molecule has 190 valence electrons. The molecule has 1 fully saturated rings. The lowest BCUT2D eigenvalue weighted by molar-refractivity contribution is -0.127. The highest BCUT2D eigenvalue weighted by Gasteiger charge is 2.35. The number of nitrogens with one attached hydrogen (secondary N) is 2. The predicted molar refractivity (Wildman–Crippen MR) is 139 cm³/mol. The van der Waals surface area contributed by atoms with Crippen molar-refractivity contribution in [1.82, 2.24) is 10.2 Å². The molecule has 0 aliphatic carbocycles. The minimum Gasteiger partial charge on any atom is -0.493 e. The molecule has 0 aromatic heterocycles. The van der Waals surface area contributed by atoms with Crippen LogP contribution in [0.1, 0.15) is 16.7 Å². The lowest BCUT2D eigenvalue weighted by Crippen LogP contribution is -2.38. The zero-order chi connectivity index (χ0) is 26.5. The van der Waals surface area contributed by atoms with Crippen molar-refractivity contribution in [2.75, 3.05) is 19.0 Å². The van der Waals surface area contributed by atoms with E-state index in [1.54, 1.807) is 36.4 Å². The second kappa shape index (κ2) is 11.3. The molecule has 0 bridgehead atoms. The smallest absolute Gasteiger partial charge is 0.329 e. The number of aryl methyl sites for hydroxylation is 1. The van der Waals surface area contributed by atoms with E-state index in [1.165, 1.54) is 25.3 Å². The Morgan fingerprint density at radius 1 is 1.14 bits per heavy atom. The van der Waals surface area contributed by atoms with Crippen molar-refractivity contribution >= 4 is 45.5 Å². The number of urea groups is 1. The number of imide groups is 1. The Labute approximate surface area is 221 Å². The third-order valence-corrected chi connectivity index (χ3v) is 6.02. The summed E-state index contributed by atoms with van der Waals surface area (Å²) in [5.41, 5.74) is 2.80. The summed E-state index contributed by atoms with van der Waals surface area (Å²) in [6, 6.07) is 15.8. The van der Waals surface area contributed by atoms with Crippen molar-refractivity contribution < 1.29 is 28.2 Å². The first-order valence-electron chi connectivity index (χ1n) is 11.2. The highest BCUT2D eigenvalue weighted by molar-refractivity contribution is 9.10. The molecule has 4 rings (SSSR count). The number of methoxy groups -OCH3 is 1. The molecule has 3 aromatic carbocycles. The minimum atomic E-state index is -0.698. The van der Waals surface area contributed by atoms with Crippen LogP contribution < -0.4 is 20.1 Å². The van der Waals surface area contributed by atoms with Gasteiger partial charge in [0, 0.05) is 5.69 Å². The van der Waals surface area contributed by atoms with Crippen LogP contribution in [-0.2, 0) is 16.2 Å². The maximum atomic E-state index is 13.5. The van der Waals surface area contributed by atoms with Gasteiger partial charge in [0.05, 0.1) is 11.6 Å². The third-order valence-electron chi connectivity index (χ3n) is 5.43. The molecule has 1 aliphatic rings. The first-order valence-corrected chi connectivity index (χ1v) is 12.0. The lowest BCUT2D eigenvalue weighted by Gasteiger charge is -2.14. The average Bonchev–Trinajstić information content (AvgIpc) is 3.11. The Kier molecular flexibility index (Phi) is 7.88. The van der Waals surface area contributed by atoms with Gasteiger partial charge < -0.3 is 20.1 Å². The van der Waals surface area contributed by atoms with Crippen molar-refractivity contribution in [3.8, 4) is 11.5 Å². The molecule has 0 saturated carbocycles. The van der Waals surface area contributed by atoms with Gasteiger partial charge in [-0.2, -0.15) is 0 Å². The number of hydrogen-bond donors (Lipinski definition) is 2. The van der Waals surface area contributed by atoms with Gasteiger partial charge >= 0.3 is 6.03 Å². The van der Waals surface area contributed by atoms with Crippen LogP contribution in [0.2, 0.25) is 0 Å². The first kappa shape index (κ1) is 25.9. The second-order valence-electron chi connectivity index (χ2n) is 8.25. The summed E-state index contributed by atoms with van der Waals surface area (Å²) < 4.78 is 25.2. The van der Waals surface area contributed by atoms with Gasteiger partial charge in [-0.3, -0.25) is 9.59 Å². The van der Waals surface area contributed by atoms with Crippen LogP contribution in [0, 0.1) is 12.7 Å². The van der Waals surface area contributed by atoms with Gasteiger partial charge in [-0.15, -0.1) is 0 Å². The Morgan fingerprint density at radius 3 is 2.59 bits per heavy atom. The van der Waals surface area contributed by atoms with Crippen LogP contribution in [0.3, 0.4) is 0 Å². The largest absolute Gasteiger partial charge is 0.493 e. The molecule has 1 aliphatic heterocycles. The first-order chi connectivity index (χ1) is 17.7. The summed E-state index contributed by atoms with van der Waals surface area (Å²) >= 11 is 3.44. The number of hydrogen-bond acceptors (Lipinski definition) is 5. The van der Waals surface area contributed by atoms with Crippen molar-refractivity contribution in [2.24, 2.45) is 0 Å². The van der Waals surface area contributed by atoms with Gasteiger partial charge in [-0.1, -0.05) is 29.8 Å². The van der Waals surface area contributed by atoms with E-state index < -0.39 is 24.4 Å². The zero-order valence-corrected chi connectivity index (χ0v) is 21.6. The molecule has 0 unspecified atom stereocenters. The number of benzene rings is 3. The number of carbonyl (C=O) groups excluding carboxylic acids is 3. The molecule has 4 amide bonds. The van der Waals surface area contributed by atoms with Crippen LogP contribution in [0.25, 0.3) is 6.08 Å². The van der Waals surface area contributed by atoms with Gasteiger partial charge in [0.15, 0.2) is 11.5 Å². The highest BCUT2D eigenvalue weighted by Crippen LogP contribution is 2.38. The molecule has 1 saturated heterocycles. The van der Waals surface area contributed by atoms with Crippen molar-refractivity contribution in [2.45, 2.75) is 13.5 Å². The number of anilines is 1. The normalized spacial score (nSPS) is 14.1. The summed E-state index contributed by atoms with van der Waals surface area (Å²) in [6.07, 6.45) is 1.47. The molecule has 0 atom stereocenters. The summed E-state index contributed by atoms with van der Waals surface area (Å²) in [4.78, 5) is 38.5. The number of halogens is 2. The Morgan fingerprint density at radius 2 is 1.89 bits per heavy atom. The Balaban J connectivity index is 1.46. The summed E-state index contributed by atoms with van der Waals surface area (Å²) in [5.74, 6) is -0.740. The lowest BCUT2D eigenvalue weighted by atomic mass is 10.1. The van der Waals surface area contributed by atoms with E-state index in [2.05, 4.69) is 26.6 Å². The zero-order valence-electron chi connectivity index (χ0n) is 20.0. The molecule has 2 N–H and O–H groups in total. The molecular formula is C27H23BrFN3O5. The number of rotatable bonds is 8. The van der Waals surface area contributed by atoms with Crippen LogP contribution >= 0.6 is 15.9 Å². The molecule has 1 heterocycles.